The number of carbonyl (C=O) groups is 2. The third-order valence-electron chi connectivity index (χ3n) is 7.24. The Hall–Kier alpha value is -4.14. The van der Waals surface area contributed by atoms with E-state index in [0.29, 0.717) is 22.7 Å². The number of aromatic nitrogens is 3. The molecule has 2 aromatic heterocycles. The van der Waals surface area contributed by atoms with Crippen LogP contribution in [0, 0.1) is 0 Å². The molecule has 3 N–H and O–H groups in total. The van der Waals surface area contributed by atoms with E-state index in [1.807, 2.05) is 12.1 Å². The van der Waals surface area contributed by atoms with Crippen molar-refractivity contribution >= 4 is 42.3 Å². The monoisotopic (exact) mass is 679 g/mol. The van der Waals surface area contributed by atoms with Gasteiger partial charge >= 0.3 is 14.0 Å². The highest BCUT2D eigenvalue weighted by atomic mass is 35.5. The van der Waals surface area contributed by atoms with Gasteiger partial charge in [-0.05, 0) is 24.1 Å². The fraction of sp³-hybridized carbons (Fsp3) is 0.276. The third kappa shape index (κ3) is 7.98. The Kier molecular flexibility index (Phi) is 9.89. The van der Waals surface area contributed by atoms with Gasteiger partial charge in [0, 0.05) is 55.3 Å². The summed E-state index contributed by atoms with van der Waals surface area (Å²) in [6.45, 7) is -0.774. The van der Waals surface area contributed by atoms with E-state index in [9.17, 15) is 27.3 Å². The van der Waals surface area contributed by atoms with Crippen LogP contribution in [-0.2, 0) is 15.3 Å². The van der Waals surface area contributed by atoms with E-state index in [4.69, 9.17) is 26.1 Å². The maximum absolute atomic E-state index is 14.0. The molecule has 17 heteroatoms. The normalized spacial score (nSPS) is 17.1. The molecule has 5 rings (SSSR count). The van der Waals surface area contributed by atoms with Gasteiger partial charge in [-0.15, -0.1) is 0 Å². The predicted octanol–water partition coefficient (Wildman–Crippen LogP) is 4.61. The Labute approximate surface area is 264 Å². The first-order valence-corrected chi connectivity index (χ1v) is 15.7. The van der Waals surface area contributed by atoms with Crippen molar-refractivity contribution in [1.82, 2.24) is 25.2 Å². The number of alkyl halides is 3. The predicted molar refractivity (Wildman–Crippen MR) is 158 cm³/mol. The number of amides is 2. The molecule has 242 valence electrons. The maximum atomic E-state index is 14.0. The van der Waals surface area contributed by atoms with Gasteiger partial charge in [-0.25, -0.2) is 9.55 Å². The summed E-state index contributed by atoms with van der Waals surface area (Å²) in [6, 6.07) is 12.0. The minimum atomic E-state index is -4.96. The molecule has 4 aromatic rings. The average molecular weight is 680 g/mol. The van der Waals surface area contributed by atoms with E-state index in [1.165, 1.54) is 18.5 Å². The Morgan fingerprint density at radius 3 is 2.52 bits per heavy atom. The summed E-state index contributed by atoms with van der Waals surface area (Å²) in [5.74, 6) is -2.35. The van der Waals surface area contributed by atoms with E-state index < -0.39 is 62.1 Å². The van der Waals surface area contributed by atoms with Crippen molar-refractivity contribution in [3.8, 4) is 5.88 Å². The number of hydrogen-bond acceptors (Lipinski definition) is 8. The van der Waals surface area contributed by atoms with Crippen molar-refractivity contribution < 1.29 is 46.4 Å². The molecule has 0 aliphatic carbocycles. The lowest BCUT2D eigenvalue weighted by molar-refractivity contribution is -0.138. The molecular weight excluding hydrogens is 654 g/mol. The number of likely N-dealkylation sites (tertiary alicyclic amines) is 1. The van der Waals surface area contributed by atoms with Crippen molar-refractivity contribution in [3.63, 3.8) is 0 Å². The summed E-state index contributed by atoms with van der Waals surface area (Å²) in [6.07, 6.45) is -1.04. The first kappa shape index (κ1) is 33.2. The van der Waals surface area contributed by atoms with Gasteiger partial charge in [0.25, 0.3) is 11.8 Å². The molecule has 12 nitrogen and oxygen atoms in total. The van der Waals surface area contributed by atoms with Crippen LogP contribution in [-0.4, -0.2) is 73.8 Å². The number of phosphoric acid groups is 1. The van der Waals surface area contributed by atoms with Crippen LogP contribution in [0.2, 0.25) is 5.02 Å². The van der Waals surface area contributed by atoms with Crippen LogP contribution in [0.25, 0.3) is 11.0 Å². The first-order valence-electron chi connectivity index (χ1n) is 13.8. The molecule has 2 aromatic carbocycles. The summed E-state index contributed by atoms with van der Waals surface area (Å²) in [4.78, 5) is 58.2. The highest BCUT2D eigenvalue weighted by Crippen LogP contribution is 2.36. The van der Waals surface area contributed by atoms with Crippen LogP contribution in [0.5, 0.6) is 5.88 Å². The van der Waals surface area contributed by atoms with Crippen LogP contribution in [0.4, 0.5) is 13.2 Å². The molecule has 1 aliphatic rings. The third-order valence-corrected chi connectivity index (χ3v) is 8.05. The number of carbonyl (C=O) groups excluding carboxylic acids is 2. The number of ether oxygens (including phenoxy) is 1. The summed E-state index contributed by atoms with van der Waals surface area (Å²) >= 11 is 6.36. The van der Waals surface area contributed by atoms with E-state index >= 15 is 0 Å². The van der Waals surface area contributed by atoms with E-state index in [2.05, 4.69) is 24.8 Å². The van der Waals surface area contributed by atoms with E-state index in [-0.39, 0.29) is 30.4 Å². The Morgan fingerprint density at radius 1 is 1.07 bits per heavy atom. The number of halogens is 4. The summed E-state index contributed by atoms with van der Waals surface area (Å²) in [5, 5.41) is 2.97. The first-order chi connectivity index (χ1) is 21.8. The number of pyridine rings is 1. The van der Waals surface area contributed by atoms with Crippen molar-refractivity contribution in [2.24, 2.45) is 0 Å². The lowest BCUT2D eigenvalue weighted by Crippen LogP contribution is -2.51. The van der Waals surface area contributed by atoms with Crippen LogP contribution in [0.1, 0.15) is 44.2 Å². The van der Waals surface area contributed by atoms with Crippen molar-refractivity contribution in [2.75, 3.05) is 26.3 Å². The van der Waals surface area contributed by atoms with Crippen LogP contribution < -0.4 is 10.1 Å². The van der Waals surface area contributed by atoms with E-state index in [1.54, 1.807) is 29.2 Å². The molecule has 1 fully saturated rings. The largest absolute Gasteiger partial charge is 0.475 e. The number of nitrogens with zero attached hydrogens (tertiary/aromatic N) is 4. The maximum Gasteiger partial charge on any atom is 0.469 e. The number of rotatable bonds is 9. The summed E-state index contributed by atoms with van der Waals surface area (Å²) in [5.41, 5.74) is -0.104. The second kappa shape index (κ2) is 13.7. The zero-order valence-corrected chi connectivity index (χ0v) is 25.4. The fourth-order valence-corrected chi connectivity index (χ4v) is 5.74. The molecule has 1 aliphatic heterocycles. The lowest BCUT2D eigenvalue weighted by Gasteiger charge is -2.39. The summed E-state index contributed by atoms with van der Waals surface area (Å²) < 4.78 is 62.1. The highest BCUT2D eigenvalue weighted by molar-refractivity contribution is 7.46. The smallest absolute Gasteiger partial charge is 0.469 e. The van der Waals surface area contributed by atoms with E-state index in [0.717, 1.165) is 11.8 Å². The molecule has 1 saturated heterocycles. The Balaban J connectivity index is 1.35. The number of hydrogen-bond donors (Lipinski definition) is 3. The number of fused-ring (bicyclic) bond motifs is 1. The average Bonchev–Trinajstić information content (AvgIpc) is 3.02. The van der Waals surface area contributed by atoms with Crippen molar-refractivity contribution in [2.45, 2.75) is 24.6 Å². The quantitative estimate of drug-likeness (QED) is 0.168. The van der Waals surface area contributed by atoms with Crippen LogP contribution in [0.3, 0.4) is 0 Å². The zero-order valence-electron chi connectivity index (χ0n) is 23.7. The second-order valence-corrected chi connectivity index (χ2v) is 11.9. The van der Waals surface area contributed by atoms with Gasteiger partial charge < -0.3 is 24.7 Å². The molecule has 46 heavy (non-hydrogen) atoms. The van der Waals surface area contributed by atoms with Gasteiger partial charge in [0.05, 0.1) is 28.3 Å². The highest BCUT2D eigenvalue weighted by Gasteiger charge is 2.39. The number of phosphoric ester groups is 1. The SMILES string of the molecule is O=C(N[C@@H]1CCN(C(=O)c2cc(Cl)c3nccnc3c2)C[C@@H]1c1ccccc1)c1cnc(OCCOP(=O)(O)O)cc1C(F)(F)F. The molecule has 0 radical (unpaired) electrons. The van der Waals surface area contributed by atoms with Gasteiger partial charge in [0.1, 0.15) is 12.1 Å². The minimum Gasteiger partial charge on any atom is -0.475 e. The Bertz CT molecular complexity index is 1790. The molecule has 0 spiro atoms. The van der Waals surface area contributed by atoms with Gasteiger partial charge in [-0.3, -0.25) is 24.1 Å². The Morgan fingerprint density at radius 2 is 1.80 bits per heavy atom. The number of piperidine rings is 1. The lowest BCUT2D eigenvalue weighted by atomic mass is 9.85. The topological polar surface area (TPSA) is 164 Å². The molecule has 2 atom stereocenters. The number of nitrogens with one attached hydrogen (secondary N) is 1. The van der Waals surface area contributed by atoms with Gasteiger partial charge in [0.2, 0.25) is 5.88 Å². The molecule has 0 saturated carbocycles. The van der Waals surface area contributed by atoms with Crippen molar-refractivity contribution in [3.05, 3.63) is 94.4 Å². The zero-order chi connectivity index (χ0) is 33.1. The molecular formula is C29H26ClF3N5O7P. The molecule has 3 heterocycles. The van der Waals surface area contributed by atoms with Crippen LogP contribution in [0.15, 0.2) is 67.1 Å². The molecule has 0 unspecified atom stereocenters. The minimum absolute atomic E-state index is 0.151. The summed E-state index contributed by atoms with van der Waals surface area (Å²) in [7, 11) is -4.79. The van der Waals surface area contributed by atoms with Gasteiger partial charge in [-0.1, -0.05) is 41.9 Å². The van der Waals surface area contributed by atoms with Crippen molar-refractivity contribution in [1.29, 1.82) is 0 Å². The second-order valence-electron chi connectivity index (χ2n) is 10.3. The number of benzene rings is 2. The van der Waals surface area contributed by atoms with Gasteiger partial charge in [0.15, 0.2) is 0 Å². The van der Waals surface area contributed by atoms with Gasteiger partial charge in [-0.2, -0.15) is 13.2 Å². The fourth-order valence-electron chi connectivity index (χ4n) is 5.16. The molecule has 2 amide bonds. The standard InChI is InChI=1S/C29H26ClF3N5O7P/c30-22-12-18(13-24-26(22)35-8-7-34-24)28(40)38-9-6-23(20(16-38)17-4-2-1-3-5-17)37-27(39)19-15-36-25(14-21(19)29(31,32)33)44-10-11-45-46(41,42)43/h1-5,7-8,12-15,20,23H,6,9-11,16H2,(H,37,39)(H2,41,42,43)/t20-,23-/m1/s1. The van der Waals surface area contributed by atoms with Crippen LogP contribution >= 0.6 is 19.4 Å². The molecule has 0 bridgehead atoms.